The second kappa shape index (κ2) is 9.30. The third-order valence-corrected chi connectivity index (χ3v) is 5.55. The molecule has 0 saturated carbocycles. The fraction of sp³-hybridized carbons (Fsp3) is 0.273. The number of ether oxygens (including phenoxy) is 2. The lowest BCUT2D eigenvalue weighted by molar-refractivity contribution is -0.139. The first-order valence-electron chi connectivity index (χ1n) is 9.72. The Kier molecular flexibility index (Phi) is 6.74. The van der Waals surface area contributed by atoms with Gasteiger partial charge in [-0.1, -0.05) is 6.07 Å². The van der Waals surface area contributed by atoms with Crippen molar-refractivity contribution in [3.05, 3.63) is 53.8 Å². The van der Waals surface area contributed by atoms with E-state index < -0.39 is 27.6 Å². The molecule has 7 nitrogen and oxygen atoms in total. The first-order chi connectivity index (χ1) is 14.7. The van der Waals surface area contributed by atoms with Gasteiger partial charge >= 0.3 is 5.97 Å². The van der Waals surface area contributed by atoms with Crippen molar-refractivity contribution >= 4 is 32.7 Å². The number of anilines is 1. The van der Waals surface area contributed by atoms with Gasteiger partial charge in [0.05, 0.1) is 18.7 Å². The number of hydrogen-bond acceptors (Lipinski definition) is 6. The molecule has 31 heavy (non-hydrogen) atoms. The molecule has 0 fully saturated rings. The zero-order valence-corrected chi connectivity index (χ0v) is 18.3. The van der Waals surface area contributed by atoms with Crippen LogP contribution >= 0.6 is 0 Å². The number of nitrogens with zero attached hydrogens (tertiary/aromatic N) is 1. The van der Waals surface area contributed by atoms with Crippen molar-refractivity contribution in [3.8, 4) is 16.9 Å². The highest BCUT2D eigenvalue weighted by atomic mass is 32.2. The number of pyridine rings is 1. The molecule has 0 spiro atoms. The maximum atomic E-state index is 14.5. The molecule has 0 atom stereocenters. The Balaban J connectivity index is 1.90. The van der Waals surface area contributed by atoms with Crippen molar-refractivity contribution in [1.29, 1.82) is 0 Å². The lowest BCUT2D eigenvalue weighted by Gasteiger charge is -2.12. The summed E-state index contributed by atoms with van der Waals surface area (Å²) in [6, 6.07) is 11.6. The number of aromatic nitrogens is 1. The number of sulfonamides is 1. The minimum Gasteiger partial charge on any atom is -0.494 e. The van der Waals surface area contributed by atoms with E-state index in [1.807, 2.05) is 6.92 Å². The molecule has 1 N–H and O–H groups in total. The number of halogens is 1. The van der Waals surface area contributed by atoms with Crippen LogP contribution in [0.25, 0.3) is 22.0 Å². The Morgan fingerprint density at radius 3 is 2.55 bits per heavy atom. The van der Waals surface area contributed by atoms with Gasteiger partial charge < -0.3 is 9.47 Å². The van der Waals surface area contributed by atoms with E-state index in [1.165, 1.54) is 6.07 Å². The lowest BCUT2D eigenvalue weighted by atomic mass is 10.0. The van der Waals surface area contributed by atoms with E-state index in [0.29, 0.717) is 34.6 Å². The van der Waals surface area contributed by atoms with Gasteiger partial charge in [-0.05, 0) is 62.2 Å². The van der Waals surface area contributed by atoms with Crippen LogP contribution in [0.15, 0.2) is 42.5 Å². The summed E-state index contributed by atoms with van der Waals surface area (Å²) >= 11 is 0. The summed E-state index contributed by atoms with van der Waals surface area (Å²) in [6.45, 7) is 5.67. The Bertz CT molecular complexity index is 1230. The van der Waals surface area contributed by atoms with Crippen LogP contribution in [-0.4, -0.2) is 38.3 Å². The average Bonchev–Trinajstić information content (AvgIpc) is 2.68. The summed E-state index contributed by atoms with van der Waals surface area (Å²) in [5.41, 5.74) is 2.16. The van der Waals surface area contributed by atoms with Crippen molar-refractivity contribution in [2.24, 2.45) is 0 Å². The van der Waals surface area contributed by atoms with Crippen LogP contribution in [0, 0.1) is 12.7 Å². The lowest BCUT2D eigenvalue weighted by Crippen LogP contribution is -2.25. The highest BCUT2D eigenvalue weighted by Gasteiger charge is 2.19. The van der Waals surface area contributed by atoms with Crippen molar-refractivity contribution < 1.29 is 27.1 Å². The average molecular weight is 447 g/mol. The molecule has 0 aliphatic rings. The highest BCUT2D eigenvalue weighted by Crippen LogP contribution is 2.30. The van der Waals surface area contributed by atoms with Crippen molar-refractivity contribution in [2.45, 2.75) is 20.8 Å². The molecule has 0 radical (unpaired) electrons. The van der Waals surface area contributed by atoms with E-state index in [1.54, 1.807) is 50.2 Å². The Morgan fingerprint density at radius 1 is 1.10 bits per heavy atom. The zero-order valence-electron chi connectivity index (χ0n) is 17.4. The third kappa shape index (κ3) is 5.49. The number of nitrogens with one attached hydrogen (secondary N) is 1. The second-order valence-electron chi connectivity index (χ2n) is 6.80. The SMILES string of the molecule is CCOC(=O)CS(=O)(=O)Nc1nc2ccc(-c3ccc(OCC)cc3F)cc2cc1C. The molecule has 0 unspecified atom stereocenters. The molecule has 3 aromatic rings. The standard InChI is InChI=1S/C22H23FN2O5S/c1-4-29-17-7-8-18(19(23)12-17)15-6-9-20-16(11-15)10-14(3)22(24-20)25-31(27,28)13-21(26)30-5-2/h6-12H,4-5,13H2,1-3H3,(H,24,25). The summed E-state index contributed by atoms with van der Waals surface area (Å²) < 4.78 is 51.3. The number of aryl methyl sites for hydroxylation is 1. The molecule has 1 heterocycles. The van der Waals surface area contributed by atoms with E-state index >= 15 is 0 Å². The molecule has 0 saturated heterocycles. The van der Waals surface area contributed by atoms with Crippen molar-refractivity contribution in [2.75, 3.05) is 23.7 Å². The molecule has 3 rings (SSSR count). The second-order valence-corrected chi connectivity index (χ2v) is 8.52. The highest BCUT2D eigenvalue weighted by molar-refractivity contribution is 7.93. The van der Waals surface area contributed by atoms with Crippen molar-refractivity contribution in [3.63, 3.8) is 0 Å². The molecular weight excluding hydrogens is 423 g/mol. The Labute approximate surface area is 180 Å². The third-order valence-electron chi connectivity index (χ3n) is 4.43. The number of hydrogen-bond donors (Lipinski definition) is 1. The molecular formula is C22H23FN2O5S. The van der Waals surface area contributed by atoms with Crippen LogP contribution in [-0.2, 0) is 19.6 Å². The van der Waals surface area contributed by atoms with Gasteiger partial charge in [0.25, 0.3) is 0 Å². The molecule has 9 heteroatoms. The number of benzene rings is 2. The van der Waals surface area contributed by atoms with Gasteiger partial charge in [-0.25, -0.2) is 17.8 Å². The van der Waals surface area contributed by atoms with Gasteiger partial charge in [-0.15, -0.1) is 0 Å². The van der Waals surface area contributed by atoms with Gasteiger partial charge in [-0.3, -0.25) is 9.52 Å². The van der Waals surface area contributed by atoms with E-state index in [4.69, 9.17) is 4.74 Å². The molecule has 2 aromatic carbocycles. The minimum atomic E-state index is -3.96. The fourth-order valence-electron chi connectivity index (χ4n) is 3.08. The van der Waals surface area contributed by atoms with E-state index in [0.717, 1.165) is 5.39 Å². The number of carbonyl (C=O) groups excluding carboxylic acids is 1. The summed E-state index contributed by atoms with van der Waals surface area (Å²) in [6.07, 6.45) is 0. The molecule has 0 aliphatic heterocycles. The topological polar surface area (TPSA) is 94.6 Å². The summed E-state index contributed by atoms with van der Waals surface area (Å²) in [7, 11) is -3.96. The molecule has 0 amide bonds. The van der Waals surface area contributed by atoms with Crippen LogP contribution in [0.5, 0.6) is 5.75 Å². The monoisotopic (exact) mass is 446 g/mol. The molecule has 0 aliphatic carbocycles. The molecule has 1 aromatic heterocycles. The van der Waals surface area contributed by atoms with Gasteiger partial charge in [0, 0.05) is 17.0 Å². The van der Waals surface area contributed by atoms with Gasteiger partial charge in [-0.2, -0.15) is 0 Å². The maximum Gasteiger partial charge on any atom is 0.323 e. The number of fused-ring (bicyclic) bond motifs is 1. The van der Waals surface area contributed by atoms with E-state index in [-0.39, 0.29) is 12.4 Å². The van der Waals surface area contributed by atoms with Crippen LogP contribution in [0.1, 0.15) is 19.4 Å². The van der Waals surface area contributed by atoms with Crippen LogP contribution in [0.3, 0.4) is 0 Å². The maximum absolute atomic E-state index is 14.5. The van der Waals surface area contributed by atoms with Crippen LogP contribution in [0.4, 0.5) is 10.2 Å². The van der Waals surface area contributed by atoms with Gasteiger partial charge in [0.1, 0.15) is 17.4 Å². The van der Waals surface area contributed by atoms with E-state index in [9.17, 15) is 17.6 Å². The zero-order chi connectivity index (χ0) is 22.6. The van der Waals surface area contributed by atoms with E-state index in [2.05, 4.69) is 14.4 Å². The summed E-state index contributed by atoms with van der Waals surface area (Å²) in [5.74, 6) is -1.46. The van der Waals surface area contributed by atoms with Crippen LogP contribution in [0.2, 0.25) is 0 Å². The predicted molar refractivity (Wildman–Crippen MR) is 117 cm³/mol. The molecule has 164 valence electrons. The van der Waals surface area contributed by atoms with Crippen LogP contribution < -0.4 is 9.46 Å². The largest absolute Gasteiger partial charge is 0.494 e. The first kappa shape index (κ1) is 22.5. The predicted octanol–water partition coefficient (Wildman–Crippen LogP) is 4.05. The number of rotatable bonds is 8. The Morgan fingerprint density at radius 2 is 1.87 bits per heavy atom. The minimum absolute atomic E-state index is 0.0961. The van der Waals surface area contributed by atoms with Gasteiger partial charge in [0.15, 0.2) is 5.75 Å². The summed E-state index contributed by atoms with van der Waals surface area (Å²) in [4.78, 5) is 15.9. The number of carbonyl (C=O) groups is 1. The number of esters is 1. The van der Waals surface area contributed by atoms with Crippen molar-refractivity contribution in [1.82, 2.24) is 4.98 Å². The first-order valence-corrected chi connectivity index (χ1v) is 11.4. The Hall–Kier alpha value is -3.20. The smallest absolute Gasteiger partial charge is 0.323 e. The summed E-state index contributed by atoms with van der Waals surface area (Å²) in [5, 5.41) is 0.719. The van der Waals surface area contributed by atoms with Gasteiger partial charge in [0.2, 0.25) is 10.0 Å². The molecule has 0 bridgehead atoms. The quantitative estimate of drug-likeness (QED) is 0.525. The normalized spacial score (nSPS) is 11.4. The fourth-order valence-corrected chi connectivity index (χ4v) is 4.05.